The van der Waals surface area contributed by atoms with Gasteiger partial charge < -0.3 is 10.2 Å². The second-order valence-corrected chi connectivity index (χ2v) is 13.4. The van der Waals surface area contributed by atoms with Crippen molar-refractivity contribution in [2.75, 3.05) is 0 Å². The van der Waals surface area contributed by atoms with Gasteiger partial charge in [0.1, 0.15) is 33.6 Å². The first-order valence-electron chi connectivity index (χ1n) is 17.2. The Balaban J connectivity index is 0.000000263. The number of fused-ring (bicyclic) bond motifs is 2. The van der Waals surface area contributed by atoms with Crippen LogP contribution in [0.5, 0.6) is 11.5 Å². The standard InChI is InChI=1S/C27H28N6O.C14H22O/c1-7-14(2)27(19-10-8-12-21-24(19)30-32-28-21,20-11-9-13-22-25(20)31-33-29-22)23-17(5)15(3)16(4)18(6)26(23)34;1-6-7-8-13-11(4)9(2)10(3)12(5)14(13)15/h8-13,34H,2,7H2,1,3-6H3,(H,28,30,32)(H,29,31,33);15H,6-8H2,1-5H3. The van der Waals surface area contributed by atoms with Gasteiger partial charge in [0.05, 0.1) is 5.41 Å². The van der Waals surface area contributed by atoms with E-state index < -0.39 is 5.41 Å². The van der Waals surface area contributed by atoms with Gasteiger partial charge in [-0.1, -0.05) is 56.7 Å². The first kappa shape index (κ1) is 35.3. The molecule has 0 aliphatic heterocycles. The molecule has 0 fully saturated rings. The number of unbranched alkanes of at least 4 members (excludes halogenated alkanes) is 1. The Labute approximate surface area is 289 Å². The van der Waals surface area contributed by atoms with Crippen LogP contribution in [-0.2, 0) is 11.8 Å². The van der Waals surface area contributed by atoms with Crippen molar-refractivity contribution < 1.29 is 10.2 Å². The molecule has 8 heteroatoms. The summed E-state index contributed by atoms with van der Waals surface area (Å²) >= 11 is 0. The molecule has 6 rings (SSSR count). The highest BCUT2D eigenvalue weighted by Gasteiger charge is 2.45. The van der Waals surface area contributed by atoms with Crippen molar-refractivity contribution in [3.05, 3.63) is 115 Å². The van der Waals surface area contributed by atoms with Crippen LogP contribution in [0.3, 0.4) is 0 Å². The number of rotatable bonds is 8. The molecule has 8 nitrogen and oxygen atoms in total. The van der Waals surface area contributed by atoms with Crippen molar-refractivity contribution >= 4 is 22.1 Å². The predicted molar refractivity (Wildman–Crippen MR) is 200 cm³/mol. The van der Waals surface area contributed by atoms with Crippen molar-refractivity contribution in [3.63, 3.8) is 0 Å². The van der Waals surface area contributed by atoms with Crippen molar-refractivity contribution in [2.24, 2.45) is 0 Å². The Morgan fingerprint density at radius 2 is 1.10 bits per heavy atom. The zero-order valence-corrected chi connectivity index (χ0v) is 30.7. The number of phenolic OH excluding ortho intramolecular Hbond substituents is 2. The molecule has 2 aromatic heterocycles. The van der Waals surface area contributed by atoms with Crippen LogP contribution in [0.2, 0.25) is 0 Å². The number of hydrogen-bond donors (Lipinski definition) is 4. The molecule has 0 unspecified atom stereocenters. The molecule has 0 aliphatic carbocycles. The number of nitrogens with zero attached hydrogens (tertiary/aromatic N) is 4. The summed E-state index contributed by atoms with van der Waals surface area (Å²) in [6.07, 6.45) is 3.99. The number of hydrogen-bond acceptors (Lipinski definition) is 6. The van der Waals surface area contributed by atoms with E-state index in [-0.39, 0.29) is 5.75 Å². The molecule has 0 aliphatic rings. The van der Waals surface area contributed by atoms with Gasteiger partial charge >= 0.3 is 0 Å². The van der Waals surface area contributed by atoms with Crippen LogP contribution in [-0.4, -0.2) is 41.0 Å². The summed E-state index contributed by atoms with van der Waals surface area (Å²) in [5, 5.41) is 45.2. The lowest BCUT2D eigenvalue weighted by molar-refractivity contribution is 0.453. The van der Waals surface area contributed by atoms with E-state index in [2.05, 4.69) is 85.9 Å². The maximum Gasteiger partial charge on any atom is 0.123 e. The highest BCUT2D eigenvalue weighted by molar-refractivity contribution is 5.88. The number of para-hydroxylation sites is 2. The van der Waals surface area contributed by atoms with E-state index in [0.29, 0.717) is 12.2 Å². The highest BCUT2D eigenvalue weighted by atomic mass is 16.3. The summed E-state index contributed by atoms with van der Waals surface area (Å²) in [6.45, 7) is 25.4. The fourth-order valence-electron chi connectivity index (χ4n) is 7.36. The molecule has 4 N–H and O–H groups in total. The minimum Gasteiger partial charge on any atom is -0.507 e. The Morgan fingerprint density at radius 1 is 0.633 bits per heavy atom. The van der Waals surface area contributed by atoms with Crippen molar-refractivity contribution in [2.45, 2.75) is 100 Å². The molecular weight excluding hydrogens is 608 g/mol. The van der Waals surface area contributed by atoms with Gasteiger partial charge in [0.25, 0.3) is 0 Å². The maximum atomic E-state index is 11.8. The first-order valence-corrected chi connectivity index (χ1v) is 17.2. The quantitative estimate of drug-likeness (QED) is 0.0954. The zero-order valence-electron chi connectivity index (χ0n) is 30.7. The third-order valence-electron chi connectivity index (χ3n) is 11.1. The second-order valence-electron chi connectivity index (χ2n) is 13.4. The summed E-state index contributed by atoms with van der Waals surface area (Å²) in [4.78, 5) is 0. The van der Waals surface area contributed by atoms with Crippen molar-refractivity contribution in [1.29, 1.82) is 0 Å². The summed E-state index contributed by atoms with van der Waals surface area (Å²) in [7, 11) is 0. The van der Waals surface area contributed by atoms with Crippen LogP contribution in [0.25, 0.3) is 22.1 Å². The number of aromatic nitrogens is 6. The van der Waals surface area contributed by atoms with Crippen LogP contribution in [0.1, 0.15) is 99.9 Å². The van der Waals surface area contributed by atoms with Crippen LogP contribution in [0, 0.1) is 55.4 Å². The second kappa shape index (κ2) is 13.9. The smallest absolute Gasteiger partial charge is 0.123 e. The average molecular weight is 659 g/mol. The third-order valence-corrected chi connectivity index (χ3v) is 11.1. The molecular formula is C41H50N6O2. The normalized spacial score (nSPS) is 11.6. The number of aromatic amines is 2. The summed E-state index contributed by atoms with van der Waals surface area (Å²) < 4.78 is 0. The number of benzene rings is 4. The molecule has 0 saturated heterocycles. The fraction of sp³-hybridized carbons (Fsp3) is 0.366. The van der Waals surface area contributed by atoms with E-state index in [4.69, 9.17) is 0 Å². The summed E-state index contributed by atoms with van der Waals surface area (Å²) in [6, 6.07) is 11.9. The van der Waals surface area contributed by atoms with E-state index >= 15 is 0 Å². The van der Waals surface area contributed by atoms with Gasteiger partial charge in [0.15, 0.2) is 0 Å². The lowest BCUT2D eigenvalue weighted by atomic mass is 9.61. The minimum absolute atomic E-state index is 0.260. The maximum absolute atomic E-state index is 11.8. The van der Waals surface area contributed by atoms with Crippen LogP contribution < -0.4 is 0 Å². The van der Waals surface area contributed by atoms with Crippen LogP contribution in [0.15, 0.2) is 48.6 Å². The van der Waals surface area contributed by atoms with Gasteiger partial charge in [-0.2, -0.15) is 30.8 Å². The topological polar surface area (TPSA) is 124 Å². The van der Waals surface area contributed by atoms with Crippen LogP contribution >= 0.6 is 0 Å². The van der Waals surface area contributed by atoms with E-state index in [1.807, 2.05) is 57.2 Å². The largest absolute Gasteiger partial charge is 0.507 e. The predicted octanol–water partition coefficient (Wildman–Crippen LogP) is 9.44. The lowest BCUT2D eigenvalue weighted by Gasteiger charge is -2.40. The van der Waals surface area contributed by atoms with E-state index in [9.17, 15) is 10.2 Å². The van der Waals surface area contributed by atoms with Gasteiger partial charge in [0, 0.05) is 16.7 Å². The molecule has 0 amide bonds. The monoisotopic (exact) mass is 658 g/mol. The molecule has 6 aromatic rings. The summed E-state index contributed by atoms with van der Waals surface area (Å²) in [5.74, 6) is 0.778. The van der Waals surface area contributed by atoms with Gasteiger partial charge in [-0.05, 0) is 137 Å². The number of phenols is 2. The van der Waals surface area contributed by atoms with Gasteiger partial charge in [0.2, 0.25) is 0 Å². The Hall–Kier alpha value is -4.98. The lowest BCUT2D eigenvalue weighted by Crippen LogP contribution is -2.34. The zero-order chi connectivity index (χ0) is 35.8. The molecule has 0 spiro atoms. The Morgan fingerprint density at radius 3 is 1.59 bits per heavy atom. The number of H-pyrrole nitrogens is 2. The molecule has 256 valence electrons. The minimum atomic E-state index is -0.946. The number of allylic oxidation sites excluding steroid dienone is 1. The van der Waals surface area contributed by atoms with Crippen molar-refractivity contribution in [3.8, 4) is 11.5 Å². The third kappa shape index (κ3) is 5.67. The molecule has 0 radical (unpaired) electrons. The SMILES string of the molecule is C=C(CC)C(c1c(C)c(C)c(C)c(C)c1O)(c1cccc2n[nH]nc12)c1cccc2n[nH]nc12.CCCCc1c(C)c(C)c(C)c(C)c1O. The molecule has 0 saturated carbocycles. The first-order chi connectivity index (χ1) is 23.3. The molecule has 2 heterocycles. The molecule has 4 aromatic carbocycles. The molecule has 49 heavy (non-hydrogen) atoms. The van der Waals surface area contributed by atoms with E-state index in [1.165, 1.54) is 23.1 Å². The number of aromatic hydroxyl groups is 2. The Bertz CT molecular complexity index is 2060. The van der Waals surface area contributed by atoms with Gasteiger partial charge in [-0.25, -0.2) is 0 Å². The Kier molecular flexibility index (Phi) is 10.00. The average Bonchev–Trinajstić information content (AvgIpc) is 3.80. The highest BCUT2D eigenvalue weighted by Crippen LogP contribution is 2.54. The molecule has 0 bridgehead atoms. The van der Waals surface area contributed by atoms with Gasteiger partial charge in [-0.15, -0.1) is 0 Å². The van der Waals surface area contributed by atoms with E-state index in [1.54, 1.807) is 0 Å². The van der Waals surface area contributed by atoms with Crippen LogP contribution in [0.4, 0.5) is 0 Å². The number of nitrogens with one attached hydrogen (secondary N) is 2. The molecule has 0 atom stereocenters. The van der Waals surface area contributed by atoms with Gasteiger partial charge in [-0.3, -0.25) is 0 Å². The van der Waals surface area contributed by atoms with E-state index in [0.717, 1.165) is 90.6 Å². The van der Waals surface area contributed by atoms with Crippen molar-refractivity contribution in [1.82, 2.24) is 30.8 Å². The fourth-order valence-corrected chi connectivity index (χ4v) is 7.36. The summed E-state index contributed by atoms with van der Waals surface area (Å²) in [5.41, 5.74) is 15.6.